The summed E-state index contributed by atoms with van der Waals surface area (Å²) < 4.78 is 0. The predicted molar refractivity (Wildman–Crippen MR) is 81.0 cm³/mol. The van der Waals surface area contributed by atoms with E-state index in [1.165, 1.54) is 5.57 Å². The van der Waals surface area contributed by atoms with Gasteiger partial charge in [-0.3, -0.25) is 4.99 Å². The van der Waals surface area contributed by atoms with Crippen LogP contribution in [0.2, 0.25) is 0 Å². The zero-order chi connectivity index (χ0) is 13.2. The lowest BCUT2D eigenvalue weighted by Gasteiger charge is -2.05. The minimum absolute atomic E-state index is 0.824. The maximum Gasteiger partial charge on any atom is 0.0349 e. The van der Waals surface area contributed by atoms with Crippen LogP contribution in [0, 0.1) is 0 Å². The van der Waals surface area contributed by atoms with Crippen molar-refractivity contribution >= 4 is 11.9 Å². The van der Waals surface area contributed by atoms with E-state index < -0.39 is 0 Å². The molecule has 18 heavy (non-hydrogen) atoms. The Morgan fingerprint density at radius 2 is 2.06 bits per heavy atom. The molecule has 0 unspecified atom stereocenters. The first kappa shape index (κ1) is 14.0. The van der Waals surface area contributed by atoms with Crippen molar-refractivity contribution in [1.29, 1.82) is 0 Å². The molecule has 1 aromatic rings. The highest BCUT2D eigenvalue weighted by Crippen LogP contribution is 2.16. The standard InChI is InChI=1S/C16H20N2/c1-3-4-8-14(9-7-12-18-2)13-15-10-5-6-11-16(15)17/h3-12H,13,17H2,1-2H3/b4-3-,9-7+,14-8-,18-12?. The molecule has 1 aromatic carbocycles. The number of nitrogens with zero attached hydrogens (tertiary/aromatic N) is 1. The Morgan fingerprint density at radius 3 is 2.72 bits per heavy atom. The van der Waals surface area contributed by atoms with E-state index in [1.54, 1.807) is 13.3 Å². The van der Waals surface area contributed by atoms with Crippen LogP contribution in [0.25, 0.3) is 0 Å². The van der Waals surface area contributed by atoms with Crippen molar-refractivity contribution in [2.75, 3.05) is 12.8 Å². The number of allylic oxidation sites excluding steroid dienone is 6. The van der Waals surface area contributed by atoms with Crippen LogP contribution in [-0.4, -0.2) is 13.3 Å². The molecule has 2 N–H and O–H groups in total. The third kappa shape index (κ3) is 4.83. The molecule has 0 fully saturated rings. The molecule has 0 aliphatic heterocycles. The Bertz CT molecular complexity index is 480. The van der Waals surface area contributed by atoms with Crippen LogP contribution >= 0.6 is 0 Å². The average Bonchev–Trinajstić information content (AvgIpc) is 2.38. The molecule has 0 saturated heterocycles. The summed E-state index contributed by atoms with van der Waals surface area (Å²) in [4.78, 5) is 3.93. The third-order valence-electron chi connectivity index (χ3n) is 2.50. The summed E-state index contributed by atoms with van der Waals surface area (Å²) in [5.41, 5.74) is 9.14. The first-order chi connectivity index (χ1) is 8.77. The van der Waals surface area contributed by atoms with Crippen LogP contribution in [-0.2, 0) is 6.42 Å². The molecule has 0 amide bonds. The van der Waals surface area contributed by atoms with Gasteiger partial charge in [-0.15, -0.1) is 0 Å². The Morgan fingerprint density at radius 1 is 1.28 bits per heavy atom. The number of hydrogen-bond donors (Lipinski definition) is 1. The molecule has 94 valence electrons. The van der Waals surface area contributed by atoms with E-state index in [1.807, 2.05) is 43.4 Å². The van der Waals surface area contributed by atoms with E-state index in [4.69, 9.17) is 5.73 Å². The highest BCUT2D eigenvalue weighted by atomic mass is 14.6. The fourth-order valence-corrected chi connectivity index (χ4v) is 1.56. The van der Waals surface area contributed by atoms with E-state index >= 15 is 0 Å². The number of nitrogens with two attached hydrogens (primary N) is 1. The molecule has 0 heterocycles. The Kier molecular flexibility index (Phi) is 6.26. The highest BCUT2D eigenvalue weighted by Gasteiger charge is 1.99. The molecule has 0 saturated carbocycles. The number of aliphatic imine (C=N–C) groups is 1. The number of rotatable bonds is 5. The summed E-state index contributed by atoms with van der Waals surface area (Å²) in [5.74, 6) is 0. The van der Waals surface area contributed by atoms with Crippen LogP contribution in [0.1, 0.15) is 12.5 Å². The number of para-hydroxylation sites is 1. The number of nitrogen functional groups attached to an aromatic ring is 1. The number of benzene rings is 1. The lowest BCUT2D eigenvalue weighted by atomic mass is 10.0. The second-order valence-corrected chi connectivity index (χ2v) is 3.91. The number of hydrogen-bond acceptors (Lipinski definition) is 2. The third-order valence-corrected chi connectivity index (χ3v) is 2.50. The van der Waals surface area contributed by atoms with Crippen LogP contribution in [0.3, 0.4) is 0 Å². The van der Waals surface area contributed by atoms with Gasteiger partial charge >= 0.3 is 0 Å². The summed E-state index contributed by atoms with van der Waals surface area (Å²) in [6.45, 7) is 2.00. The van der Waals surface area contributed by atoms with Crippen molar-refractivity contribution < 1.29 is 0 Å². The van der Waals surface area contributed by atoms with Gasteiger partial charge < -0.3 is 5.73 Å². The lowest BCUT2D eigenvalue weighted by molar-refractivity contribution is 1.20. The zero-order valence-corrected chi connectivity index (χ0v) is 11.0. The topological polar surface area (TPSA) is 38.4 Å². The fraction of sp³-hybridized carbons (Fsp3) is 0.188. The molecular weight excluding hydrogens is 220 g/mol. The van der Waals surface area contributed by atoms with Crippen molar-refractivity contribution in [3.8, 4) is 0 Å². The molecule has 0 radical (unpaired) electrons. The molecule has 2 heteroatoms. The zero-order valence-electron chi connectivity index (χ0n) is 11.0. The Balaban J connectivity index is 2.88. The van der Waals surface area contributed by atoms with Crippen molar-refractivity contribution in [3.05, 3.63) is 65.8 Å². The molecule has 0 atom stereocenters. The van der Waals surface area contributed by atoms with Crippen molar-refractivity contribution in [1.82, 2.24) is 0 Å². The van der Waals surface area contributed by atoms with Crippen LogP contribution in [0.15, 0.2) is 65.2 Å². The smallest absolute Gasteiger partial charge is 0.0349 e. The van der Waals surface area contributed by atoms with E-state index in [-0.39, 0.29) is 0 Å². The van der Waals surface area contributed by atoms with E-state index in [2.05, 4.69) is 23.2 Å². The molecule has 0 spiro atoms. The minimum Gasteiger partial charge on any atom is -0.398 e. The van der Waals surface area contributed by atoms with Crippen molar-refractivity contribution in [2.45, 2.75) is 13.3 Å². The van der Waals surface area contributed by atoms with Gasteiger partial charge in [-0.25, -0.2) is 0 Å². The van der Waals surface area contributed by atoms with Gasteiger partial charge in [-0.2, -0.15) is 0 Å². The maximum absolute atomic E-state index is 5.96. The minimum atomic E-state index is 0.824. The summed E-state index contributed by atoms with van der Waals surface area (Å²) >= 11 is 0. The van der Waals surface area contributed by atoms with Gasteiger partial charge in [0.2, 0.25) is 0 Å². The highest BCUT2D eigenvalue weighted by molar-refractivity contribution is 5.71. The first-order valence-electron chi connectivity index (χ1n) is 6.02. The fourth-order valence-electron chi connectivity index (χ4n) is 1.56. The van der Waals surface area contributed by atoms with Gasteiger partial charge in [0.15, 0.2) is 0 Å². The molecule has 2 nitrogen and oxygen atoms in total. The molecule has 1 rings (SSSR count). The van der Waals surface area contributed by atoms with Gasteiger partial charge in [-0.05, 0) is 36.6 Å². The predicted octanol–water partition coefficient (Wildman–Crippen LogP) is 3.57. The summed E-state index contributed by atoms with van der Waals surface area (Å²) in [7, 11) is 1.76. The largest absolute Gasteiger partial charge is 0.398 e. The lowest BCUT2D eigenvalue weighted by Crippen LogP contribution is -1.95. The van der Waals surface area contributed by atoms with Gasteiger partial charge in [0, 0.05) is 18.9 Å². The average molecular weight is 240 g/mol. The molecule has 0 aliphatic rings. The normalized spacial score (nSPS) is 13.1. The molecular formula is C16H20N2. The van der Waals surface area contributed by atoms with Crippen molar-refractivity contribution in [2.24, 2.45) is 4.99 Å². The van der Waals surface area contributed by atoms with Crippen molar-refractivity contribution in [3.63, 3.8) is 0 Å². The summed E-state index contributed by atoms with van der Waals surface area (Å²) in [6, 6.07) is 7.95. The molecule has 0 bridgehead atoms. The van der Waals surface area contributed by atoms with E-state index in [0.717, 1.165) is 17.7 Å². The van der Waals surface area contributed by atoms with E-state index in [9.17, 15) is 0 Å². The summed E-state index contributed by atoms with van der Waals surface area (Å²) in [5, 5.41) is 0. The van der Waals surface area contributed by atoms with Gasteiger partial charge in [0.05, 0.1) is 0 Å². The van der Waals surface area contributed by atoms with Gasteiger partial charge in [0.1, 0.15) is 0 Å². The number of anilines is 1. The maximum atomic E-state index is 5.96. The van der Waals surface area contributed by atoms with Crippen LogP contribution in [0.4, 0.5) is 5.69 Å². The second-order valence-electron chi connectivity index (χ2n) is 3.91. The second kappa shape index (κ2) is 8.07. The Labute approximate surface area is 109 Å². The molecule has 0 aliphatic carbocycles. The SMILES string of the molecule is C\C=C/C=C(/C=C/C=NC)Cc1ccccc1N. The molecule has 0 aromatic heterocycles. The monoisotopic (exact) mass is 240 g/mol. The quantitative estimate of drug-likeness (QED) is 0.477. The summed E-state index contributed by atoms with van der Waals surface area (Å²) in [6.07, 6.45) is 12.7. The van der Waals surface area contributed by atoms with Gasteiger partial charge in [0.25, 0.3) is 0 Å². The van der Waals surface area contributed by atoms with Crippen LogP contribution in [0.5, 0.6) is 0 Å². The first-order valence-corrected chi connectivity index (χ1v) is 6.02. The van der Waals surface area contributed by atoms with Gasteiger partial charge in [-0.1, -0.05) is 42.5 Å². The van der Waals surface area contributed by atoms with Crippen LogP contribution < -0.4 is 5.73 Å². The Hall–Kier alpha value is -2.09. The van der Waals surface area contributed by atoms with E-state index in [0.29, 0.717) is 0 Å².